The van der Waals surface area contributed by atoms with Gasteiger partial charge in [-0.15, -0.1) is 0 Å². The minimum Gasteiger partial charge on any atom is -0.465 e. The molecule has 1 atom stereocenters. The average Bonchev–Trinajstić information content (AvgIpc) is 2.52. The molecule has 0 bridgehead atoms. The number of carbonyl (C=O) groups excluding carboxylic acids is 2. The molecule has 0 spiro atoms. The number of hydrogen-bond donors (Lipinski definition) is 0. The van der Waals surface area contributed by atoms with Crippen molar-refractivity contribution in [3.05, 3.63) is 12.2 Å². The highest BCUT2D eigenvalue weighted by Gasteiger charge is 2.28. The SMILES string of the molecule is CCOC(=O)C(CC=CCOC1CCCCO1)C(=O)OCC. The summed E-state index contributed by atoms with van der Waals surface area (Å²) in [4.78, 5) is 23.5. The molecule has 126 valence electrons. The Balaban J connectivity index is 2.35. The van der Waals surface area contributed by atoms with E-state index in [1.807, 2.05) is 0 Å². The van der Waals surface area contributed by atoms with Gasteiger partial charge in [-0.3, -0.25) is 9.59 Å². The van der Waals surface area contributed by atoms with E-state index in [0.29, 0.717) is 6.61 Å². The van der Waals surface area contributed by atoms with Crippen LogP contribution in [0, 0.1) is 5.92 Å². The normalized spacial score (nSPS) is 18.6. The summed E-state index contributed by atoms with van der Waals surface area (Å²) in [6.07, 6.45) is 6.71. The molecule has 1 rings (SSSR count). The Morgan fingerprint density at radius 3 is 2.36 bits per heavy atom. The zero-order valence-electron chi connectivity index (χ0n) is 13.4. The summed E-state index contributed by atoms with van der Waals surface area (Å²) in [7, 11) is 0. The maximum atomic E-state index is 11.8. The predicted octanol–water partition coefficient (Wildman–Crippen LogP) is 2.22. The van der Waals surface area contributed by atoms with Crippen LogP contribution in [0.2, 0.25) is 0 Å². The van der Waals surface area contributed by atoms with Crippen LogP contribution in [0.5, 0.6) is 0 Å². The molecule has 1 heterocycles. The monoisotopic (exact) mass is 314 g/mol. The second kappa shape index (κ2) is 11.2. The summed E-state index contributed by atoms with van der Waals surface area (Å²) in [5.74, 6) is -2.02. The van der Waals surface area contributed by atoms with Crippen molar-refractivity contribution in [1.82, 2.24) is 0 Å². The molecule has 0 aromatic heterocycles. The first kappa shape index (κ1) is 18.6. The first-order valence-corrected chi connectivity index (χ1v) is 7.90. The second-order valence-electron chi connectivity index (χ2n) is 4.89. The van der Waals surface area contributed by atoms with E-state index in [1.165, 1.54) is 0 Å². The largest absolute Gasteiger partial charge is 0.465 e. The van der Waals surface area contributed by atoms with Crippen LogP contribution in [0.4, 0.5) is 0 Å². The molecule has 1 saturated heterocycles. The van der Waals surface area contributed by atoms with Crippen molar-refractivity contribution < 1.29 is 28.5 Å². The summed E-state index contributed by atoms with van der Waals surface area (Å²) in [6.45, 7) is 5.01. The Morgan fingerprint density at radius 1 is 1.14 bits per heavy atom. The van der Waals surface area contributed by atoms with Gasteiger partial charge in [0.1, 0.15) is 0 Å². The topological polar surface area (TPSA) is 71.1 Å². The van der Waals surface area contributed by atoms with E-state index in [4.69, 9.17) is 18.9 Å². The van der Waals surface area contributed by atoms with Gasteiger partial charge in [-0.2, -0.15) is 0 Å². The first-order chi connectivity index (χ1) is 10.7. The van der Waals surface area contributed by atoms with E-state index in [-0.39, 0.29) is 25.9 Å². The third-order valence-electron chi connectivity index (χ3n) is 3.20. The van der Waals surface area contributed by atoms with Gasteiger partial charge in [0.05, 0.1) is 19.8 Å². The molecule has 0 saturated carbocycles. The van der Waals surface area contributed by atoms with Gasteiger partial charge in [0.25, 0.3) is 0 Å². The van der Waals surface area contributed by atoms with E-state index in [2.05, 4.69) is 0 Å². The quantitative estimate of drug-likeness (QED) is 0.369. The number of ether oxygens (including phenoxy) is 4. The molecule has 1 fully saturated rings. The van der Waals surface area contributed by atoms with Crippen molar-refractivity contribution in [1.29, 1.82) is 0 Å². The third-order valence-corrected chi connectivity index (χ3v) is 3.20. The Morgan fingerprint density at radius 2 is 1.82 bits per heavy atom. The standard InChI is InChI=1S/C16H26O6/c1-3-19-15(17)13(16(18)20-4-2)9-5-7-11-21-14-10-6-8-12-22-14/h5,7,13-14H,3-4,6,8-12H2,1-2H3. The lowest BCUT2D eigenvalue weighted by Crippen LogP contribution is -2.27. The van der Waals surface area contributed by atoms with Crippen LogP contribution >= 0.6 is 0 Å². The molecule has 0 N–H and O–H groups in total. The number of esters is 2. The lowest BCUT2D eigenvalue weighted by molar-refractivity contribution is -0.161. The number of hydrogen-bond acceptors (Lipinski definition) is 6. The smallest absolute Gasteiger partial charge is 0.320 e. The molecular formula is C16H26O6. The van der Waals surface area contributed by atoms with Crippen LogP contribution in [-0.2, 0) is 28.5 Å². The Labute approximate surface area is 131 Å². The number of rotatable bonds is 9. The van der Waals surface area contributed by atoms with E-state index in [0.717, 1.165) is 25.9 Å². The van der Waals surface area contributed by atoms with Gasteiger partial charge < -0.3 is 18.9 Å². The van der Waals surface area contributed by atoms with Crippen LogP contribution in [0.25, 0.3) is 0 Å². The van der Waals surface area contributed by atoms with E-state index in [9.17, 15) is 9.59 Å². The fraction of sp³-hybridized carbons (Fsp3) is 0.750. The Hall–Kier alpha value is -1.40. The molecule has 1 aliphatic rings. The van der Waals surface area contributed by atoms with Crippen LogP contribution in [0.1, 0.15) is 39.5 Å². The third kappa shape index (κ3) is 7.04. The predicted molar refractivity (Wildman–Crippen MR) is 80.1 cm³/mol. The van der Waals surface area contributed by atoms with Crippen molar-refractivity contribution in [3.8, 4) is 0 Å². The molecule has 22 heavy (non-hydrogen) atoms. The lowest BCUT2D eigenvalue weighted by atomic mass is 10.1. The van der Waals surface area contributed by atoms with E-state index >= 15 is 0 Å². The maximum Gasteiger partial charge on any atom is 0.320 e. The molecular weight excluding hydrogens is 288 g/mol. The lowest BCUT2D eigenvalue weighted by Gasteiger charge is -2.21. The number of allylic oxidation sites excluding steroid dienone is 1. The van der Waals surface area contributed by atoms with Gasteiger partial charge in [0, 0.05) is 6.61 Å². The highest BCUT2D eigenvalue weighted by Crippen LogP contribution is 2.14. The van der Waals surface area contributed by atoms with Gasteiger partial charge >= 0.3 is 11.9 Å². The average molecular weight is 314 g/mol. The maximum absolute atomic E-state index is 11.8. The van der Waals surface area contributed by atoms with Crippen molar-refractivity contribution >= 4 is 11.9 Å². The van der Waals surface area contributed by atoms with Gasteiger partial charge in [-0.1, -0.05) is 12.2 Å². The van der Waals surface area contributed by atoms with E-state index < -0.39 is 17.9 Å². The highest BCUT2D eigenvalue weighted by molar-refractivity contribution is 5.95. The molecule has 0 aromatic rings. The van der Waals surface area contributed by atoms with Gasteiger partial charge in [-0.25, -0.2) is 0 Å². The molecule has 1 aliphatic heterocycles. The molecule has 0 aromatic carbocycles. The minimum atomic E-state index is -0.915. The Kier molecular flexibility index (Phi) is 9.50. The first-order valence-electron chi connectivity index (χ1n) is 7.90. The van der Waals surface area contributed by atoms with Gasteiger partial charge in [-0.05, 0) is 39.5 Å². The number of carbonyl (C=O) groups is 2. The summed E-state index contributed by atoms with van der Waals surface area (Å²) in [6, 6.07) is 0. The zero-order valence-corrected chi connectivity index (χ0v) is 13.4. The summed E-state index contributed by atoms with van der Waals surface area (Å²) < 4.78 is 20.8. The van der Waals surface area contributed by atoms with Crippen molar-refractivity contribution in [3.63, 3.8) is 0 Å². The van der Waals surface area contributed by atoms with Crippen LogP contribution in [-0.4, -0.2) is 44.7 Å². The van der Waals surface area contributed by atoms with Gasteiger partial charge in [0.15, 0.2) is 12.2 Å². The second-order valence-corrected chi connectivity index (χ2v) is 4.89. The van der Waals surface area contributed by atoms with Crippen LogP contribution in [0.3, 0.4) is 0 Å². The minimum absolute atomic E-state index is 0.149. The van der Waals surface area contributed by atoms with Crippen LogP contribution in [0.15, 0.2) is 12.2 Å². The van der Waals surface area contributed by atoms with Gasteiger partial charge in [0.2, 0.25) is 0 Å². The summed E-state index contributed by atoms with van der Waals surface area (Å²) >= 11 is 0. The van der Waals surface area contributed by atoms with Crippen molar-refractivity contribution in [2.45, 2.75) is 45.8 Å². The zero-order chi connectivity index (χ0) is 16.2. The van der Waals surface area contributed by atoms with Crippen molar-refractivity contribution in [2.75, 3.05) is 26.4 Å². The van der Waals surface area contributed by atoms with Crippen LogP contribution < -0.4 is 0 Å². The summed E-state index contributed by atoms with van der Waals surface area (Å²) in [5, 5.41) is 0. The molecule has 6 heteroatoms. The van der Waals surface area contributed by atoms with E-state index in [1.54, 1.807) is 26.0 Å². The van der Waals surface area contributed by atoms with Crippen molar-refractivity contribution in [2.24, 2.45) is 5.92 Å². The molecule has 1 unspecified atom stereocenters. The highest BCUT2D eigenvalue weighted by atomic mass is 16.7. The fourth-order valence-electron chi connectivity index (χ4n) is 2.08. The fourth-order valence-corrected chi connectivity index (χ4v) is 2.08. The molecule has 0 radical (unpaired) electrons. The molecule has 0 aliphatic carbocycles. The molecule has 0 amide bonds. The molecule has 6 nitrogen and oxygen atoms in total. The Bertz CT molecular complexity index is 342. The summed E-state index contributed by atoms with van der Waals surface area (Å²) in [5.41, 5.74) is 0.